The number of pyridine rings is 1. The van der Waals surface area contributed by atoms with Gasteiger partial charge in [0.25, 0.3) is 0 Å². The van der Waals surface area contributed by atoms with Gasteiger partial charge in [0.2, 0.25) is 0 Å². The summed E-state index contributed by atoms with van der Waals surface area (Å²) in [7, 11) is 3.07. The van der Waals surface area contributed by atoms with E-state index in [-0.39, 0.29) is 6.09 Å². The Labute approximate surface area is 135 Å². The minimum Gasteiger partial charge on any atom is -0.494 e. The molecular weight excluding hydrogens is 294 g/mol. The Morgan fingerprint density at radius 2 is 1.91 bits per heavy atom. The van der Waals surface area contributed by atoms with E-state index in [9.17, 15) is 4.79 Å². The molecule has 1 amide bonds. The highest BCUT2D eigenvalue weighted by Crippen LogP contribution is 2.29. The second-order valence-electron chi connectivity index (χ2n) is 5.60. The Balaban J connectivity index is 1.88. The second kappa shape index (κ2) is 6.32. The van der Waals surface area contributed by atoms with Crippen LogP contribution in [0, 0.1) is 6.92 Å². The van der Waals surface area contributed by atoms with Gasteiger partial charge in [0.05, 0.1) is 14.2 Å². The molecule has 1 saturated heterocycles. The van der Waals surface area contributed by atoms with Crippen molar-refractivity contribution in [3.05, 3.63) is 29.8 Å². The van der Waals surface area contributed by atoms with Gasteiger partial charge in [-0.05, 0) is 24.6 Å². The third-order valence-corrected chi connectivity index (χ3v) is 4.25. The number of fused-ring (bicyclic) bond motifs is 1. The molecule has 0 aliphatic carbocycles. The first-order valence-electron chi connectivity index (χ1n) is 7.66. The SMILES string of the molecule is COC(=O)N1CCN(c2cc(C)c3cccc(OC)c3n2)CC1. The average Bonchev–Trinajstić information content (AvgIpc) is 2.60. The van der Waals surface area contributed by atoms with Gasteiger partial charge in [-0.3, -0.25) is 0 Å². The molecule has 2 heterocycles. The first-order chi connectivity index (χ1) is 11.1. The summed E-state index contributed by atoms with van der Waals surface area (Å²) >= 11 is 0. The number of anilines is 1. The predicted molar refractivity (Wildman–Crippen MR) is 89.2 cm³/mol. The lowest BCUT2D eigenvalue weighted by Crippen LogP contribution is -2.49. The number of hydrogen-bond acceptors (Lipinski definition) is 5. The number of ether oxygens (including phenoxy) is 2. The molecular formula is C17H21N3O3. The van der Waals surface area contributed by atoms with Gasteiger partial charge in [-0.15, -0.1) is 0 Å². The standard InChI is InChI=1S/C17H21N3O3/c1-12-11-15(18-16-13(12)5-4-6-14(16)22-2)19-7-9-20(10-8-19)17(21)23-3/h4-6,11H,7-10H2,1-3H3. The number of aryl methyl sites for hydroxylation is 1. The molecule has 2 aromatic rings. The lowest BCUT2D eigenvalue weighted by atomic mass is 10.1. The number of carbonyl (C=O) groups is 1. The fourth-order valence-electron chi connectivity index (χ4n) is 2.95. The summed E-state index contributed by atoms with van der Waals surface area (Å²) in [6.07, 6.45) is -0.269. The van der Waals surface area contributed by atoms with Crippen molar-refractivity contribution in [2.45, 2.75) is 6.92 Å². The summed E-state index contributed by atoms with van der Waals surface area (Å²) in [5.41, 5.74) is 2.04. The zero-order chi connectivity index (χ0) is 16.4. The van der Waals surface area contributed by atoms with Crippen molar-refractivity contribution in [1.29, 1.82) is 0 Å². The van der Waals surface area contributed by atoms with Crippen LogP contribution in [0.1, 0.15) is 5.56 Å². The van der Waals surface area contributed by atoms with Crippen molar-refractivity contribution >= 4 is 22.8 Å². The van der Waals surface area contributed by atoms with Crippen LogP contribution in [-0.4, -0.2) is 56.4 Å². The minimum atomic E-state index is -0.269. The lowest BCUT2D eigenvalue weighted by Gasteiger charge is -2.34. The number of benzene rings is 1. The Morgan fingerprint density at radius 3 is 2.57 bits per heavy atom. The monoisotopic (exact) mass is 315 g/mol. The molecule has 0 radical (unpaired) electrons. The number of piperazine rings is 1. The van der Waals surface area contributed by atoms with E-state index in [1.54, 1.807) is 12.0 Å². The summed E-state index contributed by atoms with van der Waals surface area (Å²) in [6, 6.07) is 8.05. The summed E-state index contributed by atoms with van der Waals surface area (Å²) < 4.78 is 10.2. The summed E-state index contributed by atoms with van der Waals surface area (Å²) in [5.74, 6) is 1.70. The summed E-state index contributed by atoms with van der Waals surface area (Å²) in [5, 5.41) is 1.10. The number of hydrogen-bond donors (Lipinski definition) is 0. The van der Waals surface area contributed by atoms with Crippen molar-refractivity contribution in [2.75, 3.05) is 45.3 Å². The van der Waals surface area contributed by atoms with Crippen molar-refractivity contribution in [2.24, 2.45) is 0 Å². The van der Waals surface area contributed by atoms with E-state index in [4.69, 9.17) is 14.5 Å². The quantitative estimate of drug-likeness (QED) is 0.852. The third kappa shape index (κ3) is 2.88. The molecule has 0 unspecified atom stereocenters. The molecule has 0 bridgehead atoms. The molecule has 0 saturated carbocycles. The highest BCUT2D eigenvalue weighted by Gasteiger charge is 2.23. The molecule has 1 fully saturated rings. The fourth-order valence-corrected chi connectivity index (χ4v) is 2.95. The van der Waals surface area contributed by atoms with Crippen LogP contribution in [0.4, 0.5) is 10.6 Å². The Hall–Kier alpha value is -2.50. The van der Waals surface area contributed by atoms with E-state index in [2.05, 4.69) is 24.0 Å². The summed E-state index contributed by atoms with van der Waals surface area (Å²) in [6.45, 7) is 4.83. The van der Waals surface area contributed by atoms with Crippen LogP contribution in [0.3, 0.4) is 0 Å². The highest BCUT2D eigenvalue weighted by atomic mass is 16.5. The number of para-hydroxylation sites is 1. The molecule has 1 aromatic carbocycles. The largest absolute Gasteiger partial charge is 0.494 e. The molecule has 0 N–H and O–H groups in total. The van der Waals surface area contributed by atoms with Crippen LogP contribution in [0.25, 0.3) is 10.9 Å². The van der Waals surface area contributed by atoms with Crippen molar-refractivity contribution < 1.29 is 14.3 Å². The normalized spacial score (nSPS) is 14.9. The first-order valence-corrected chi connectivity index (χ1v) is 7.66. The van der Waals surface area contributed by atoms with Gasteiger partial charge in [0.15, 0.2) is 0 Å². The predicted octanol–water partition coefficient (Wildman–Crippen LogP) is 2.44. The van der Waals surface area contributed by atoms with E-state index >= 15 is 0 Å². The number of rotatable bonds is 2. The van der Waals surface area contributed by atoms with Crippen LogP contribution in [0.15, 0.2) is 24.3 Å². The highest BCUT2D eigenvalue weighted by molar-refractivity contribution is 5.88. The number of aromatic nitrogens is 1. The maximum Gasteiger partial charge on any atom is 0.409 e. The number of methoxy groups -OCH3 is 2. The maximum atomic E-state index is 11.6. The molecule has 0 spiro atoms. The van der Waals surface area contributed by atoms with Gasteiger partial charge in [-0.2, -0.15) is 0 Å². The van der Waals surface area contributed by atoms with Crippen molar-refractivity contribution in [1.82, 2.24) is 9.88 Å². The molecule has 1 aliphatic rings. The van der Waals surface area contributed by atoms with Crippen LogP contribution in [0.5, 0.6) is 5.75 Å². The lowest BCUT2D eigenvalue weighted by molar-refractivity contribution is 0.121. The maximum absolute atomic E-state index is 11.6. The first kappa shape index (κ1) is 15.4. The summed E-state index contributed by atoms with van der Waals surface area (Å²) in [4.78, 5) is 20.3. The third-order valence-electron chi connectivity index (χ3n) is 4.25. The van der Waals surface area contributed by atoms with Crippen molar-refractivity contribution in [3.63, 3.8) is 0 Å². The molecule has 1 aliphatic heterocycles. The van der Waals surface area contributed by atoms with Gasteiger partial charge < -0.3 is 19.3 Å². The molecule has 23 heavy (non-hydrogen) atoms. The van der Waals surface area contributed by atoms with Crippen molar-refractivity contribution in [3.8, 4) is 5.75 Å². The zero-order valence-corrected chi connectivity index (χ0v) is 13.7. The van der Waals surface area contributed by atoms with E-state index in [1.807, 2.05) is 12.1 Å². The molecule has 0 atom stereocenters. The van der Waals surface area contributed by atoms with Crippen LogP contribution in [0.2, 0.25) is 0 Å². The Bertz CT molecular complexity index is 724. The van der Waals surface area contributed by atoms with E-state index < -0.39 is 0 Å². The van der Waals surface area contributed by atoms with E-state index in [0.717, 1.165) is 35.6 Å². The van der Waals surface area contributed by atoms with Gasteiger partial charge in [-0.1, -0.05) is 12.1 Å². The number of amides is 1. The average molecular weight is 315 g/mol. The molecule has 6 heteroatoms. The smallest absolute Gasteiger partial charge is 0.409 e. The molecule has 122 valence electrons. The van der Waals surface area contributed by atoms with Gasteiger partial charge in [-0.25, -0.2) is 9.78 Å². The molecule has 1 aromatic heterocycles. The Morgan fingerprint density at radius 1 is 1.17 bits per heavy atom. The van der Waals surface area contributed by atoms with Crippen LogP contribution in [-0.2, 0) is 4.74 Å². The molecule has 3 rings (SSSR count). The Kier molecular flexibility index (Phi) is 4.23. The number of nitrogens with zero attached hydrogens (tertiary/aromatic N) is 3. The minimum absolute atomic E-state index is 0.269. The topological polar surface area (TPSA) is 54.9 Å². The van der Waals surface area contributed by atoms with E-state index in [1.165, 1.54) is 12.7 Å². The molecule has 6 nitrogen and oxygen atoms in total. The van der Waals surface area contributed by atoms with Gasteiger partial charge >= 0.3 is 6.09 Å². The number of carbonyl (C=O) groups excluding carboxylic acids is 1. The fraction of sp³-hybridized carbons (Fsp3) is 0.412. The zero-order valence-electron chi connectivity index (χ0n) is 13.7. The van der Waals surface area contributed by atoms with E-state index in [0.29, 0.717) is 13.1 Å². The van der Waals surface area contributed by atoms with Gasteiger partial charge in [0.1, 0.15) is 17.1 Å². The second-order valence-corrected chi connectivity index (χ2v) is 5.60. The van der Waals surface area contributed by atoms with Crippen LogP contribution >= 0.6 is 0 Å². The van der Waals surface area contributed by atoms with Crippen LogP contribution < -0.4 is 9.64 Å². The van der Waals surface area contributed by atoms with Gasteiger partial charge in [0, 0.05) is 31.6 Å².